The molecule has 1 aromatic heterocycles. The number of amidine groups is 1. The Bertz CT molecular complexity index is 363. The van der Waals surface area contributed by atoms with Crippen LogP contribution in [-0.4, -0.2) is 39.9 Å². The highest BCUT2D eigenvalue weighted by atomic mass is 32.1. The molecule has 1 heterocycles. The predicted molar refractivity (Wildman–Crippen MR) is 57.1 cm³/mol. The summed E-state index contributed by atoms with van der Waals surface area (Å²) in [6.07, 6.45) is 1.49. The molecular formula is C8H12N4O2S. The first-order valence-corrected chi connectivity index (χ1v) is 5.09. The van der Waals surface area contributed by atoms with Crippen molar-refractivity contribution in [3.63, 3.8) is 0 Å². The Balaban J connectivity index is 2.77. The molecule has 7 heteroatoms. The Morgan fingerprint density at radius 2 is 2.47 bits per heavy atom. The molecule has 15 heavy (non-hydrogen) atoms. The first-order valence-electron chi connectivity index (χ1n) is 4.21. The van der Waals surface area contributed by atoms with Gasteiger partial charge in [0.15, 0.2) is 5.84 Å². The van der Waals surface area contributed by atoms with Crippen LogP contribution in [0.25, 0.3) is 0 Å². The van der Waals surface area contributed by atoms with E-state index in [9.17, 15) is 4.79 Å². The molecule has 0 fully saturated rings. The van der Waals surface area contributed by atoms with E-state index >= 15 is 0 Å². The third kappa shape index (κ3) is 2.44. The van der Waals surface area contributed by atoms with E-state index in [2.05, 4.69) is 10.1 Å². The lowest BCUT2D eigenvalue weighted by molar-refractivity contribution is 0.0781. The summed E-state index contributed by atoms with van der Waals surface area (Å²) in [5.41, 5.74) is 6.98. The molecule has 0 saturated carbocycles. The Morgan fingerprint density at radius 3 is 2.93 bits per heavy atom. The molecule has 1 amide bonds. The van der Waals surface area contributed by atoms with E-state index in [4.69, 9.17) is 10.9 Å². The fraction of sp³-hybridized carbons (Fsp3) is 0.375. The predicted octanol–water partition coefficient (Wildman–Crippen LogP) is 0.350. The molecule has 0 aliphatic carbocycles. The van der Waals surface area contributed by atoms with Gasteiger partial charge < -0.3 is 15.8 Å². The number of rotatable bonds is 3. The zero-order chi connectivity index (χ0) is 11.4. The maximum atomic E-state index is 11.8. The van der Waals surface area contributed by atoms with Crippen molar-refractivity contribution in [3.8, 4) is 0 Å². The number of thiazole rings is 1. The molecule has 0 radical (unpaired) electrons. The number of nitrogens with zero attached hydrogens (tertiary/aromatic N) is 3. The molecule has 0 aliphatic heterocycles. The van der Waals surface area contributed by atoms with Gasteiger partial charge in [-0.05, 0) is 6.92 Å². The first-order chi connectivity index (χ1) is 7.07. The summed E-state index contributed by atoms with van der Waals surface area (Å²) in [6, 6.07) is -0.454. The highest BCUT2D eigenvalue weighted by Gasteiger charge is 2.21. The van der Waals surface area contributed by atoms with Crippen molar-refractivity contribution in [2.75, 3.05) is 7.05 Å². The Labute approximate surface area is 91.0 Å². The molecule has 6 nitrogen and oxygen atoms in total. The largest absolute Gasteiger partial charge is 0.409 e. The molecule has 82 valence electrons. The zero-order valence-electron chi connectivity index (χ0n) is 8.41. The molecule has 1 unspecified atom stereocenters. The summed E-state index contributed by atoms with van der Waals surface area (Å²) in [6.45, 7) is 1.67. The lowest BCUT2D eigenvalue weighted by Crippen LogP contribution is -2.43. The summed E-state index contributed by atoms with van der Waals surface area (Å²) in [4.78, 5) is 17.5. The average Bonchev–Trinajstić information content (AvgIpc) is 2.78. The average molecular weight is 228 g/mol. The zero-order valence-corrected chi connectivity index (χ0v) is 9.23. The van der Waals surface area contributed by atoms with Crippen molar-refractivity contribution in [1.29, 1.82) is 0 Å². The van der Waals surface area contributed by atoms with Crippen LogP contribution in [0.2, 0.25) is 0 Å². The van der Waals surface area contributed by atoms with Crippen molar-refractivity contribution in [2.45, 2.75) is 13.0 Å². The smallest absolute Gasteiger partial charge is 0.265 e. The molecule has 0 aliphatic rings. The van der Waals surface area contributed by atoms with Gasteiger partial charge in [-0.1, -0.05) is 5.16 Å². The molecule has 3 N–H and O–H groups in total. The minimum Gasteiger partial charge on any atom is -0.409 e. The van der Waals surface area contributed by atoms with Crippen LogP contribution >= 0.6 is 11.3 Å². The number of hydrogen-bond donors (Lipinski definition) is 2. The topological polar surface area (TPSA) is 91.8 Å². The third-order valence-corrected chi connectivity index (χ3v) is 2.85. The maximum absolute atomic E-state index is 11.8. The van der Waals surface area contributed by atoms with Gasteiger partial charge in [-0.25, -0.2) is 0 Å². The van der Waals surface area contributed by atoms with Crippen molar-refractivity contribution in [3.05, 3.63) is 16.6 Å². The number of likely N-dealkylation sites (N-methyl/N-ethyl adjacent to an activating group) is 1. The van der Waals surface area contributed by atoms with Crippen molar-refractivity contribution >= 4 is 23.1 Å². The number of carbonyl (C=O) groups excluding carboxylic acids is 1. The number of aromatic nitrogens is 1. The summed E-state index contributed by atoms with van der Waals surface area (Å²) < 4.78 is 0. The van der Waals surface area contributed by atoms with Crippen LogP contribution in [0.3, 0.4) is 0 Å². The molecule has 0 saturated heterocycles. The highest BCUT2D eigenvalue weighted by Crippen LogP contribution is 2.10. The minimum absolute atomic E-state index is 0.00429. The van der Waals surface area contributed by atoms with E-state index in [0.717, 1.165) is 0 Å². The van der Waals surface area contributed by atoms with Crippen LogP contribution in [0.15, 0.2) is 16.9 Å². The Hall–Kier alpha value is -1.63. The summed E-state index contributed by atoms with van der Waals surface area (Å²) in [5, 5.41) is 11.3. The van der Waals surface area contributed by atoms with Crippen molar-refractivity contribution in [1.82, 2.24) is 9.88 Å². The highest BCUT2D eigenvalue weighted by molar-refractivity contribution is 7.11. The van der Waals surface area contributed by atoms with Crippen LogP contribution < -0.4 is 5.73 Å². The molecule has 0 bridgehead atoms. The Morgan fingerprint density at radius 1 is 1.80 bits per heavy atom. The molecule has 1 rings (SSSR count). The van der Waals surface area contributed by atoms with E-state index in [1.165, 1.54) is 22.4 Å². The van der Waals surface area contributed by atoms with Gasteiger partial charge in [0.2, 0.25) is 0 Å². The van der Waals surface area contributed by atoms with Crippen LogP contribution in [0, 0.1) is 0 Å². The standard InChI is InChI=1S/C8H12N4O2S/c1-5(7(9)11-14)12(2)8(13)6-3-10-4-15-6/h3-5,14H,1-2H3,(H2,9,11). The van der Waals surface area contributed by atoms with Crippen molar-refractivity contribution in [2.24, 2.45) is 10.9 Å². The number of amides is 1. The third-order valence-electron chi connectivity index (χ3n) is 2.09. The normalized spacial score (nSPS) is 13.6. The first kappa shape index (κ1) is 11.4. The number of hydrogen-bond acceptors (Lipinski definition) is 5. The van der Waals surface area contributed by atoms with Crippen LogP contribution in [0.4, 0.5) is 0 Å². The van der Waals surface area contributed by atoms with Gasteiger partial charge in [0, 0.05) is 7.05 Å². The van der Waals surface area contributed by atoms with E-state index in [1.807, 2.05) is 0 Å². The number of oxime groups is 1. The Kier molecular flexibility index (Phi) is 3.62. The minimum atomic E-state index is -0.454. The van der Waals surface area contributed by atoms with Gasteiger partial charge in [0.1, 0.15) is 4.88 Å². The number of carbonyl (C=O) groups is 1. The van der Waals surface area contributed by atoms with Gasteiger partial charge >= 0.3 is 0 Å². The fourth-order valence-electron chi connectivity index (χ4n) is 0.953. The maximum Gasteiger partial charge on any atom is 0.265 e. The molecule has 0 aromatic carbocycles. The van der Waals surface area contributed by atoms with Gasteiger partial charge in [-0.15, -0.1) is 11.3 Å². The van der Waals surface area contributed by atoms with E-state index in [1.54, 1.807) is 19.5 Å². The summed E-state index contributed by atoms with van der Waals surface area (Å²) in [5.74, 6) is -0.202. The summed E-state index contributed by atoms with van der Waals surface area (Å²) >= 11 is 1.25. The fourth-order valence-corrected chi connectivity index (χ4v) is 1.55. The van der Waals surface area contributed by atoms with Gasteiger partial charge in [0.25, 0.3) is 5.91 Å². The SMILES string of the molecule is CC(C(N)=NO)N(C)C(=O)c1cncs1. The monoisotopic (exact) mass is 228 g/mol. The molecule has 1 aromatic rings. The van der Waals surface area contributed by atoms with E-state index < -0.39 is 6.04 Å². The second-order valence-corrected chi connectivity index (χ2v) is 3.87. The molecule has 0 spiro atoms. The van der Waals surface area contributed by atoms with Gasteiger partial charge in [-0.2, -0.15) is 0 Å². The molecular weight excluding hydrogens is 216 g/mol. The van der Waals surface area contributed by atoms with E-state index in [0.29, 0.717) is 4.88 Å². The second-order valence-electron chi connectivity index (χ2n) is 2.98. The van der Waals surface area contributed by atoms with Crippen LogP contribution in [0.1, 0.15) is 16.6 Å². The summed E-state index contributed by atoms with van der Waals surface area (Å²) in [7, 11) is 1.59. The quantitative estimate of drug-likeness (QED) is 0.338. The van der Waals surface area contributed by atoms with Gasteiger partial charge in [0.05, 0.1) is 17.7 Å². The van der Waals surface area contributed by atoms with Gasteiger partial charge in [-0.3, -0.25) is 9.78 Å². The lowest BCUT2D eigenvalue weighted by Gasteiger charge is -2.22. The lowest BCUT2D eigenvalue weighted by atomic mass is 10.2. The van der Waals surface area contributed by atoms with Crippen molar-refractivity contribution < 1.29 is 10.0 Å². The molecule has 1 atom stereocenters. The number of nitrogens with two attached hydrogens (primary N) is 1. The van der Waals surface area contributed by atoms with E-state index in [-0.39, 0.29) is 11.7 Å². The van der Waals surface area contributed by atoms with Crippen LogP contribution in [0.5, 0.6) is 0 Å². The van der Waals surface area contributed by atoms with Crippen LogP contribution in [-0.2, 0) is 0 Å². The second kappa shape index (κ2) is 4.74.